The van der Waals surface area contributed by atoms with E-state index in [1.807, 2.05) is 13.8 Å². The zero-order valence-corrected chi connectivity index (χ0v) is 14.5. The van der Waals surface area contributed by atoms with E-state index in [2.05, 4.69) is 16.0 Å². The van der Waals surface area contributed by atoms with E-state index in [-0.39, 0.29) is 30.6 Å². The summed E-state index contributed by atoms with van der Waals surface area (Å²) in [6.07, 6.45) is 2.52. The number of hydrogen-bond donors (Lipinski definition) is 4. The standard InChI is InChI=1S/C16H26N4O5/c1-9(2)6-12(20-16(25)13(17)22)15(24)19-11(8-21)7-10-4-3-5-18-14(10)23/h8-12H,3-7H2,1-2H3,(H2,17,22)(H,18,23)(H,19,24)(H,20,25)/t10-,11-,12-/m0/s1. The third kappa shape index (κ3) is 6.90. The highest BCUT2D eigenvalue weighted by molar-refractivity contribution is 6.34. The topological polar surface area (TPSA) is 147 Å². The first-order valence-corrected chi connectivity index (χ1v) is 8.38. The van der Waals surface area contributed by atoms with Gasteiger partial charge in [0.05, 0.1) is 6.04 Å². The molecule has 0 aromatic rings. The number of rotatable bonds is 8. The Morgan fingerprint density at radius 1 is 1.32 bits per heavy atom. The molecule has 1 fully saturated rings. The Bertz CT molecular complexity index is 535. The van der Waals surface area contributed by atoms with Crippen molar-refractivity contribution >= 4 is 29.9 Å². The minimum absolute atomic E-state index is 0.0581. The van der Waals surface area contributed by atoms with E-state index in [1.165, 1.54) is 0 Å². The minimum Gasteiger partial charge on any atom is -0.361 e. The van der Waals surface area contributed by atoms with Crippen LogP contribution in [0.25, 0.3) is 0 Å². The van der Waals surface area contributed by atoms with Crippen LogP contribution in [0.5, 0.6) is 0 Å². The van der Waals surface area contributed by atoms with Crippen molar-refractivity contribution < 1.29 is 24.0 Å². The third-order valence-corrected chi connectivity index (χ3v) is 3.98. The fourth-order valence-corrected chi connectivity index (χ4v) is 2.73. The highest BCUT2D eigenvalue weighted by Crippen LogP contribution is 2.17. The van der Waals surface area contributed by atoms with Crippen molar-refractivity contribution in [1.29, 1.82) is 0 Å². The summed E-state index contributed by atoms with van der Waals surface area (Å²) in [6, 6.07) is -1.83. The Kier molecular flexibility index (Phi) is 8.03. The van der Waals surface area contributed by atoms with Gasteiger partial charge in [-0.25, -0.2) is 0 Å². The van der Waals surface area contributed by atoms with Crippen molar-refractivity contribution in [2.75, 3.05) is 6.54 Å². The molecule has 0 radical (unpaired) electrons. The summed E-state index contributed by atoms with van der Waals surface area (Å²) in [5.41, 5.74) is 4.90. The molecule has 1 aliphatic rings. The Morgan fingerprint density at radius 3 is 2.52 bits per heavy atom. The monoisotopic (exact) mass is 354 g/mol. The second-order valence-corrected chi connectivity index (χ2v) is 6.64. The molecule has 1 rings (SSSR count). The number of nitrogens with one attached hydrogen (secondary N) is 3. The number of primary amides is 1. The van der Waals surface area contributed by atoms with Gasteiger partial charge < -0.3 is 26.5 Å². The minimum atomic E-state index is -1.19. The van der Waals surface area contributed by atoms with E-state index in [9.17, 15) is 24.0 Å². The maximum atomic E-state index is 12.4. The quantitative estimate of drug-likeness (QED) is 0.313. The first kappa shape index (κ1) is 20.6. The number of amides is 4. The van der Waals surface area contributed by atoms with Crippen molar-refractivity contribution in [3.8, 4) is 0 Å². The molecule has 9 nitrogen and oxygen atoms in total. The SMILES string of the molecule is CC(C)C[C@H](NC(=O)C(N)=O)C(=O)N[C@H](C=O)C[C@@H]1CCCNC1=O. The van der Waals surface area contributed by atoms with Crippen molar-refractivity contribution in [2.24, 2.45) is 17.6 Å². The van der Waals surface area contributed by atoms with E-state index in [0.29, 0.717) is 19.3 Å². The normalized spacial score (nSPS) is 19.5. The van der Waals surface area contributed by atoms with Crippen LogP contribution in [-0.4, -0.2) is 48.5 Å². The molecule has 1 aliphatic heterocycles. The van der Waals surface area contributed by atoms with Gasteiger partial charge in [0.15, 0.2) is 0 Å². The van der Waals surface area contributed by atoms with Crippen molar-refractivity contribution in [1.82, 2.24) is 16.0 Å². The number of piperidine rings is 1. The summed E-state index contributed by atoms with van der Waals surface area (Å²) in [7, 11) is 0. The number of nitrogens with two attached hydrogens (primary N) is 1. The number of carbonyl (C=O) groups excluding carboxylic acids is 5. The first-order chi connectivity index (χ1) is 11.7. The molecule has 0 aromatic heterocycles. The molecule has 0 spiro atoms. The van der Waals surface area contributed by atoms with Gasteiger partial charge in [-0.1, -0.05) is 13.8 Å². The maximum absolute atomic E-state index is 12.4. The molecule has 0 bridgehead atoms. The summed E-state index contributed by atoms with van der Waals surface area (Å²) in [4.78, 5) is 57.8. The molecule has 0 unspecified atom stereocenters. The van der Waals surface area contributed by atoms with E-state index >= 15 is 0 Å². The van der Waals surface area contributed by atoms with Crippen LogP contribution in [0.2, 0.25) is 0 Å². The van der Waals surface area contributed by atoms with Crippen molar-refractivity contribution in [2.45, 2.75) is 51.6 Å². The summed E-state index contributed by atoms with van der Waals surface area (Å²) in [5, 5.41) is 7.53. The summed E-state index contributed by atoms with van der Waals surface area (Å²) >= 11 is 0. The van der Waals surface area contributed by atoms with Crippen LogP contribution in [0.4, 0.5) is 0 Å². The molecule has 0 aliphatic carbocycles. The maximum Gasteiger partial charge on any atom is 0.309 e. The predicted octanol–water partition coefficient (Wildman–Crippen LogP) is -1.40. The molecule has 0 saturated carbocycles. The second-order valence-electron chi connectivity index (χ2n) is 6.64. The van der Waals surface area contributed by atoms with Gasteiger partial charge in [0.25, 0.3) is 0 Å². The van der Waals surface area contributed by atoms with E-state index in [0.717, 1.165) is 6.42 Å². The van der Waals surface area contributed by atoms with Gasteiger partial charge in [-0.2, -0.15) is 0 Å². The van der Waals surface area contributed by atoms with Crippen LogP contribution in [0.1, 0.15) is 39.5 Å². The average Bonchev–Trinajstić information content (AvgIpc) is 2.54. The Morgan fingerprint density at radius 2 is 2.00 bits per heavy atom. The summed E-state index contributed by atoms with van der Waals surface area (Å²) in [5.74, 6) is -3.25. The Hall–Kier alpha value is -2.45. The third-order valence-electron chi connectivity index (χ3n) is 3.98. The van der Waals surface area contributed by atoms with Gasteiger partial charge in [0.1, 0.15) is 12.3 Å². The van der Waals surface area contributed by atoms with E-state index in [1.54, 1.807) is 0 Å². The molecular weight excluding hydrogens is 328 g/mol. The van der Waals surface area contributed by atoms with Crippen LogP contribution in [0.15, 0.2) is 0 Å². The summed E-state index contributed by atoms with van der Waals surface area (Å²) < 4.78 is 0. The molecule has 140 valence electrons. The number of aldehydes is 1. The van der Waals surface area contributed by atoms with E-state index < -0.39 is 29.8 Å². The first-order valence-electron chi connectivity index (χ1n) is 8.38. The fraction of sp³-hybridized carbons (Fsp3) is 0.688. The lowest BCUT2D eigenvalue weighted by molar-refractivity contribution is -0.139. The van der Waals surface area contributed by atoms with Crippen LogP contribution in [-0.2, 0) is 24.0 Å². The van der Waals surface area contributed by atoms with Gasteiger partial charge in [-0.05, 0) is 31.6 Å². The lowest BCUT2D eigenvalue weighted by Gasteiger charge is -2.26. The molecule has 9 heteroatoms. The van der Waals surface area contributed by atoms with Gasteiger partial charge >= 0.3 is 11.8 Å². The predicted molar refractivity (Wildman–Crippen MR) is 88.9 cm³/mol. The van der Waals surface area contributed by atoms with Crippen molar-refractivity contribution in [3.05, 3.63) is 0 Å². The zero-order valence-electron chi connectivity index (χ0n) is 14.5. The second kappa shape index (κ2) is 9.75. The highest BCUT2D eigenvalue weighted by atomic mass is 16.2. The molecule has 4 amide bonds. The largest absolute Gasteiger partial charge is 0.361 e. The van der Waals surface area contributed by atoms with Crippen molar-refractivity contribution in [3.63, 3.8) is 0 Å². The molecule has 5 N–H and O–H groups in total. The smallest absolute Gasteiger partial charge is 0.309 e. The highest BCUT2D eigenvalue weighted by Gasteiger charge is 2.29. The Balaban J connectivity index is 2.70. The van der Waals surface area contributed by atoms with Gasteiger partial charge in [0.2, 0.25) is 11.8 Å². The molecule has 3 atom stereocenters. The zero-order chi connectivity index (χ0) is 19.0. The molecule has 1 heterocycles. The van der Waals surface area contributed by atoms with Gasteiger partial charge in [0, 0.05) is 12.5 Å². The lowest BCUT2D eigenvalue weighted by atomic mass is 9.91. The average molecular weight is 354 g/mol. The molecule has 1 saturated heterocycles. The molecule has 0 aromatic carbocycles. The van der Waals surface area contributed by atoms with Gasteiger partial charge in [-0.3, -0.25) is 19.2 Å². The molecule has 25 heavy (non-hydrogen) atoms. The van der Waals surface area contributed by atoms with Crippen LogP contribution in [0, 0.1) is 11.8 Å². The lowest BCUT2D eigenvalue weighted by Crippen LogP contribution is -2.53. The van der Waals surface area contributed by atoms with Crippen LogP contribution < -0.4 is 21.7 Å². The fourth-order valence-electron chi connectivity index (χ4n) is 2.73. The van der Waals surface area contributed by atoms with Crippen LogP contribution >= 0.6 is 0 Å². The summed E-state index contributed by atoms with van der Waals surface area (Å²) in [6.45, 7) is 4.31. The van der Waals surface area contributed by atoms with Gasteiger partial charge in [-0.15, -0.1) is 0 Å². The Labute approximate surface area is 146 Å². The molecular formula is C16H26N4O5. The van der Waals surface area contributed by atoms with Crippen LogP contribution in [0.3, 0.4) is 0 Å². The van der Waals surface area contributed by atoms with E-state index in [4.69, 9.17) is 5.73 Å². The number of carbonyl (C=O) groups is 5. The number of hydrogen-bond acceptors (Lipinski definition) is 5.